The lowest BCUT2D eigenvalue weighted by molar-refractivity contribution is -0.141. The number of hydrogen-bond acceptors (Lipinski definition) is 7. The van der Waals surface area contributed by atoms with E-state index in [1.54, 1.807) is 12.1 Å². The normalized spacial score (nSPS) is 13.2. The molecule has 0 bridgehead atoms. The van der Waals surface area contributed by atoms with E-state index in [9.17, 15) is 28.3 Å². The van der Waals surface area contributed by atoms with Gasteiger partial charge in [-0.2, -0.15) is 0 Å². The molecular weight excluding hydrogens is 564 g/mol. The number of aromatic nitrogens is 1. The minimum absolute atomic E-state index is 0.0160. The van der Waals surface area contributed by atoms with Crippen LogP contribution in [0.5, 0.6) is 0 Å². The van der Waals surface area contributed by atoms with Crippen LogP contribution in [0.4, 0.5) is 24.2 Å². The fourth-order valence-electron chi connectivity index (χ4n) is 3.93. The lowest BCUT2D eigenvalue weighted by Crippen LogP contribution is -2.46. The van der Waals surface area contributed by atoms with Gasteiger partial charge in [-0.25, -0.2) is 23.4 Å². The van der Waals surface area contributed by atoms with Crippen LogP contribution in [0.25, 0.3) is 10.8 Å². The van der Waals surface area contributed by atoms with Gasteiger partial charge >= 0.3 is 18.1 Å². The van der Waals surface area contributed by atoms with E-state index in [1.807, 2.05) is 0 Å². The number of carboxylic acid groups (broad SMARTS) is 1. The van der Waals surface area contributed by atoms with E-state index >= 15 is 0 Å². The van der Waals surface area contributed by atoms with Crippen LogP contribution in [-0.2, 0) is 16.1 Å². The highest BCUT2D eigenvalue weighted by molar-refractivity contribution is 6.31. The van der Waals surface area contributed by atoms with E-state index in [0.29, 0.717) is 16.3 Å². The van der Waals surface area contributed by atoms with Gasteiger partial charge in [-0.15, -0.1) is 0 Å². The number of carboxylic acids is 1. The molecule has 2 aromatic carbocycles. The summed E-state index contributed by atoms with van der Waals surface area (Å²) < 4.78 is 32.6. The molecule has 0 spiro atoms. The average molecular weight is 594 g/mol. The molecule has 1 heterocycles. The Morgan fingerprint density at radius 3 is 2.63 bits per heavy atom. The SMILES string of the molecule is CN(C(=O)NCc1cccc(F)c1Cl)[C@@H](CCCC(O)[C@H](N)C(=O)O)COC(=O)Nc1cc2cc(F)ccc2cn1. The Morgan fingerprint density at radius 2 is 1.90 bits per heavy atom. The van der Waals surface area contributed by atoms with Crippen molar-refractivity contribution >= 4 is 46.3 Å². The first-order valence-corrected chi connectivity index (χ1v) is 12.9. The third kappa shape index (κ3) is 8.96. The highest BCUT2D eigenvalue weighted by atomic mass is 35.5. The summed E-state index contributed by atoms with van der Waals surface area (Å²) in [6, 6.07) is 7.03. The number of urea groups is 1. The van der Waals surface area contributed by atoms with E-state index in [2.05, 4.69) is 15.6 Å². The minimum Gasteiger partial charge on any atom is -0.480 e. The molecule has 220 valence electrons. The summed E-state index contributed by atoms with van der Waals surface area (Å²) in [6.45, 7) is -0.353. The van der Waals surface area contributed by atoms with Crippen molar-refractivity contribution in [3.8, 4) is 0 Å². The molecule has 0 saturated carbocycles. The first-order valence-electron chi connectivity index (χ1n) is 12.6. The van der Waals surface area contributed by atoms with E-state index < -0.39 is 47.9 Å². The average Bonchev–Trinajstić information content (AvgIpc) is 2.94. The monoisotopic (exact) mass is 593 g/mol. The molecule has 1 unspecified atom stereocenters. The number of ether oxygens (including phenoxy) is 1. The number of aliphatic hydroxyl groups excluding tert-OH is 1. The number of halogens is 3. The smallest absolute Gasteiger partial charge is 0.412 e. The molecule has 0 aliphatic rings. The van der Waals surface area contributed by atoms with Gasteiger partial charge in [0.05, 0.1) is 17.2 Å². The number of amides is 3. The molecule has 6 N–H and O–H groups in total. The van der Waals surface area contributed by atoms with Crippen molar-refractivity contribution in [2.75, 3.05) is 19.0 Å². The second kappa shape index (κ2) is 14.5. The highest BCUT2D eigenvalue weighted by Crippen LogP contribution is 2.20. The molecule has 3 atom stereocenters. The summed E-state index contributed by atoms with van der Waals surface area (Å²) in [6.07, 6.45) is -0.287. The first kappa shape index (κ1) is 31.5. The summed E-state index contributed by atoms with van der Waals surface area (Å²) in [5.74, 6) is -2.32. The van der Waals surface area contributed by atoms with Crippen LogP contribution in [-0.4, -0.2) is 70.0 Å². The van der Waals surface area contributed by atoms with Crippen molar-refractivity contribution < 1.29 is 38.1 Å². The summed E-state index contributed by atoms with van der Waals surface area (Å²) in [4.78, 5) is 41.8. The van der Waals surface area contributed by atoms with Gasteiger partial charge in [0.25, 0.3) is 0 Å². The van der Waals surface area contributed by atoms with Crippen molar-refractivity contribution in [3.05, 3.63) is 70.9 Å². The summed E-state index contributed by atoms with van der Waals surface area (Å²) in [5.41, 5.74) is 5.81. The fourth-order valence-corrected chi connectivity index (χ4v) is 4.13. The number of likely N-dealkylation sites (N-methyl/N-ethyl adjacent to an activating group) is 1. The van der Waals surface area contributed by atoms with Crippen molar-refractivity contribution in [2.24, 2.45) is 5.73 Å². The Hall–Kier alpha value is -4.07. The van der Waals surface area contributed by atoms with Gasteiger partial charge in [0.15, 0.2) is 0 Å². The molecule has 11 nitrogen and oxygen atoms in total. The van der Waals surface area contributed by atoms with Gasteiger partial charge in [0.2, 0.25) is 0 Å². The molecule has 0 aliphatic carbocycles. The van der Waals surface area contributed by atoms with Crippen molar-refractivity contribution in [2.45, 2.75) is 44.0 Å². The third-order valence-corrected chi connectivity index (χ3v) is 6.81. The molecule has 0 aliphatic heterocycles. The maximum absolute atomic E-state index is 13.7. The summed E-state index contributed by atoms with van der Waals surface area (Å²) in [7, 11) is 1.45. The molecule has 3 rings (SSSR count). The van der Waals surface area contributed by atoms with Crippen LogP contribution < -0.4 is 16.4 Å². The van der Waals surface area contributed by atoms with Crippen molar-refractivity contribution in [1.82, 2.24) is 15.2 Å². The number of pyridine rings is 1. The Kier molecular flexibility index (Phi) is 11.1. The maximum atomic E-state index is 13.7. The molecule has 14 heteroatoms. The molecular formula is C27H30ClF2N5O6. The van der Waals surface area contributed by atoms with Gasteiger partial charge < -0.3 is 30.9 Å². The van der Waals surface area contributed by atoms with Gasteiger partial charge in [0, 0.05) is 25.2 Å². The Morgan fingerprint density at radius 1 is 1.15 bits per heavy atom. The molecule has 0 radical (unpaired) electrons. The molecule has 1 aromatic heterocycles. The number of nitrogens with two attached hydrogens (primary N) is 1. The molecule has 3 aromatic rings. The van der Waals surface area contributed by atoms with E-state index in [0.717, 1.165) is 0 Å². The van der Waals surface area contributed by atoms with Crippen molar-refractivity contribution in [1.29, 1.82) is 0 Å². The molecule has 0 fully saturated rings. The minimum atomic E-state index is -1.48. The standard InChI is InChI=1S/C27H30ClF2N5O6/c1-35(26(39)33-13-16-4-2-6-20(30)23(16)28)19(5-3-7-21(36)24(31)25(37)38)14-41-27(40)34-22-11-17-10-18(29)9-8-15(17)12-32-22/h2,4,6,8-12,19,21,24,36H,3,5,7,13-14,31H2,1H3,(H,33,39)(H,37,38)(H,32,34,40)/t19-,21?,24-/m0/s1. The zero-order valence-corrected chi connectivity index (χ0v) is 22.8. The topological polar surface area (TPSA) is 167 Å². The zero-order valence-electron chi connectivity index (χ0n) is 22.0. The van der Waals surface area contributed by atoms with Crippen LogP contribution >= 0.6 is 11.6 Å². The number of hydrogen-bond donors (Lipinski definition) is 5. The van der Waals surface area contributed by atoms with Gasteiger partial charge in [-0.05, 0) is 60.5 Å². The number of carbonyl (C=O) groups is 3. The zero-order chi connectivity index (χ0) is 30.1. The number of aliphatic hydroxyl groups is 1. The Bertz CT molecular complexity index is 1400. The quantitative estimate of drug-likeness (QED) is 0.211. The summed E-state index contributed by atoms with van der Waals surface area (Å²) in [5, 5.41) is 25.1. The first-order chi connectivity index (χ1) is 19.5. The lowest BCUT2D eigenvalue weighted by atomic mass is 10.0. The third-order valence-electron chi connectivity index (χ3n) is 6.39. The molecule has 0 saturated heterocycles. The Labute approximate surface area is 239 Å². The number of aliphatic carboxylic acids is 1. The van der Waals surface area contributed by atoms with Crippen LogP contribution in [0.2, 0.25) is 5.02 Å². The van der Waals surface area contributed by atoms with Gasteiger partial charge in [-0.3, -0.25) is 10.1 Å². The number of carbonyl (C=O) groups excluding carboxylic acids is 2. The predicted molar refractivity (Wildman–Crippen MR) is 147 cm³/mol. The molecule has 3 amide bonds. The van der Waals surface area contributed by atoms with E-state index in [1.165, 1.54) is 48.5 Å². The maximum Gasteiger partial charge on any atom is 0.412 e. The van der Waals surface area contributed by atoms with Crippen molar-refractivity contribution in [3.63, 3.8) is 0 Å². The lowest BCUT2D eigenvalue weighted by Gasteiger charge is -2.28. The highest BCUT2D eigenvalue weighted by Gasteiger charge is 2.25. The fraction of sp³-hybridized carbons (Fsp3) is 0.333. The number of nitrogens with zero attached hydrogens (tertiary/aromatic N) is 2. The number of benzene rings is 2. The second-order valence-electron chi connectivity index (χ2n) is 9.28. The summed E-state index contributed by atoms with van der Waals surface area (Å²) >= 11 is 5.95. The van der Waals surface area contributed by atoms with Gasteiger partial charge in [0.1, 0.15) is 30.1 Å². The predicted octanol–water partition coefficient (Wildman–Crippen LogP) is 3.87. The number of nitrogens with one attached hydrogen (secondary N) is 2. The second-order valence-corrected chi connectivity index (χ2v) is 9.66. The van der Waals surface area contributed by atoms with Crippen LogP contribution in [0.15, 0.2) is 48.7 Å². The van der Waals surface area contributed by atoms with Crippen LogP contribution in [0.3, 0.4) is 0 Å². The number of fused-ring (bicyclic) bond motifs is 1. The largest absolute Gasteiger partial charge is 0.480 e. The van der Waals surface area contributed by atoms with E-state index in [-0.39, 0.29) is 43.3 Å². The number of rotatable bonds is 12. The number of anilines is 1. The Balaban J connectivity index is 1.63. The van der Waals surface area contributed by atoms with Gasteiger partial charge in [-0.1, -0.05) is 23.7 Å². The molecule has 41 heavy (non-hydrogen) atoms. The van der Waals surface area contributed by atoms with Crippen LogP contribution in [0, 0.1) is 11.6 Å². The van der Waals surface area contributed by atoms with E-state index in [4.69, 9.17) is 27.2 Å². The van der Waals surface area contributed by atoms with Crippen LogP contribution in [0.1, 0.15) is 24.8 Å².